The number of hydrogen-bond donors (Lipinski definition) is 1. The maximum Gasteiger partial charge on any atom is 1.00 e. The first kappa shape index (κ1) is 12.8. The zero-order valence-electron chi connectivity index (χ0n) is 6.90. The Morgan fingerprint density at radius 3 is 2.50 bits per heavy atom. The summed E-state index contributed by atoms with van der Waals surface area (Å²) in [7, 11) is 0. The summed E-state index contributed by atoms with van der Waals surface area (Å²) in [6, 6.07) is 0. The van der Waals surface area contributed by atoms with Gasteiger partial charge >= 0.3 is 29.6 Å². The molecule has 10 heavy (non-hydrogen) atoms. The van der Waals surface area contributed by atoms with E-state index < -0.39 is 0 Å². The van der Waals surface area contributed by atoms with Gasteiger partial charge in [-0.2, -0.15) is 6.42 Å². The molecule has 0 radical (unpaired) electrons. The molecule has 1 N–H and O–H groups in total. The quantitative estimate of drug-likeness (QED) is 0.288. The summed E-state index contributed by atoms with van der Waals surface area (Å²) in [5.74, 6) is -0.100. The van der Waals surface area contributed by atoms with Crippen molar-refractivity contribution in [3.8, 4) is 0 Å². The molecule has 0 atom stereocenters. The van der Waals surface area contributed by atoms with Crippen molar-refractivity contribution in [2.75, 3.05) is 0 Å². The molecule has 0 saturated heterocycles. The molecule has 0 fully saturated rings. The van der Waals surface area contributed by atoms with E-state index in [4.69, 9.17) is 0 Å². The number of amides is 1. The number of rotatable bonds is 3. The van der Waals surface area contributed by atoms with Gasteiger partial charge in [0.2, 0.25) is 5.91 Å². The van der Waals surface area contributed by atoms with E-state index in [1.165, 1.54) is 0 Å². The van der Waals surface area contributed by atoms with E-state index >= 15 is 0 Å². The van der Waals surface area contributed by atoms with Crippen LogP contribution in [0.1, 0.15) is 20.3 Å². The fourth-order valence-electron chi connectivity index (χ4n) is 0.318. The van der Waals surface area contributed by atoms with Gasteiger partial charge in [0.25, 0.3) is 0 Å². The maximum atomic E-state index is 10.7. The second-order valence-corrected chi connectivity index (χ2v) is 1.87. The molecular formula is C7H12NNaO. The molecule has 0 aromatic heterocycles. The van der Waals surface area contributed by atoms with Crippen LogP contribution in [-0.2, 0) is 4.79 Å². The standard InChI is InChI=1S/C7H12NO.Na/c1-4-5-8-7(9)6(2)3;/h5H,2,4H2,1,3H3,(H,8,9);/q-1;+1. The van der Waals surface area contributed by atoms with E-state index in [1.807, 2.05) is 6.92 Å². The molecule has 0 aromatic rings. The van der Waals surface area contributed by atoms with Crippen molar-refractivity contribution in [1.82, 2.24) is 5.32 Å². The van der Waals surface area contributed by atoms with Crippen LogP contribution in [-0.4, -0.2) is 5.91 Å². The molecule has 0 heterocycles. The number of nitrogens with one attached hydrogen (secondary N) is 1. The van der Waals surface area contributed by atoms with E-state index in [-0.39, 0.29) is 35.5 Å². The van der Waals surface area contributed by atoms with Gasteiger partial charge in [-0.05, 0) is 6.92 Å². The van der Waals surface area contributed by atoms with Gasteiger partial charge in [-0.1, -0.05) is 13.5 Å². The first-order valence-corrected chi connectivity index (χ1v) is 2.96. The Balaban J connectivity index is 0. The van der Waals surface area contributed by atoms with Crippen LogP contribution in [0, 0.1) is 6.54 Å². The van der Waals surface area contributed by atoms with Crippen LogP contribution >= 0.6 is 0 Å². The normalized spacial score (nSPS) is 7.80. The molecule has 0 aliphatic carbocycles. The Morgan fingerprint density at radius 1 is 1.70 bits per heavy atom. The SMILES string of the molecule is C=C(C)C(=O)N[CH-]CC.[Na+]. The second kappa shape index (κ2) is 7.32. The predicted molar refractivity (Wildman–Crippen MR) is 37.5 cm³/mol. The fraction of sp³-hybridized carbons (Fsp3) is 0.429. The first-order chi connectivity index (χ1) is 4.18. The van der Waals surface area contributed by atoms with Crippen molar-refractivity contribution in [1.29, 1.82) is 0 Å². The zero-order chi connectivity index (χ0) is 7.28. The summed E-state index contributed by atoms with van der Waals surface area (Å²) in [5.41, 5.74) is 0.541. The maximum absolute atomic E-state index is 10.7. The molecule has 0 aliphatic heterocycles. The summed E-state index contributed by atoms with van der Waals surface area (Å²) in [6.07, 6.45) is 0.846. The van der Waals surface area contributed by atoms with Gasteiger partial charge in [0.1, 0.15) is 0 Å². The Hall–Kier alpha value is 0.210. The predicted octanol–water partition coefficient (Wildman–Crippen LogP) is -1.75. The summed E-state index contributed by atoms with van der Waals surface area (Å²) < 4.78 is 0. The average Bonchev–Trinajstić information content (AvgIpc) is 1.82. The largest absolute Gasteiger partial charge is 1.00 e. The molecule has 0 spiro atoms. The van der Waals surface area contributed by atoms with Crippen molar-refractivity contribution < 1.29 is 34.4 Å². The number of carbonyl (C=O) groups is 1. The van der Waals surface area contributed by atoms with Crippen molar-refractivity contribution in [2.45, 2.75) is 20.3 Å². The smallest absolute Gasteiger partial charge is 0.502 e. The van der Waals surface area contributed by atoms with Gasteiger partial charge in [0.05, 0.1) is 0 Å². The minimum atomic E-state index is -0.100. The Morgan fingerprint density at radius 2 is 2.20 bits per heavy atom. The third kappa shape index (κ3) is 6.33. The van der Waals surface area contributed by atoms with Crippen LogP contribution in [0.25, 0.3) is 0 Å². The minimum absolute atomic E-state index is 0. The number of carbonyl (C=O) groups excluding carboxylic acids is 1. The molecule has 0 rings (SSSR count). The summed E-state index contributed by atoms with van der Waals surface area (Å²) in [4.78, 5) is 10.7. The van der Waals surface area contributed by atoms with E-state index in [9.17, 15) is 4.79 Å². The van der Waals surface area contributed by atoms with Crippen molar-refractivity contribution in [3.63, 3.8) is 0 Å². The van der Waals surface area contributed by atoms with Gasteiger partial charge in [-0.3, -0.25) is 4.79 Å². The molecule has 0 saturated carbocycles. The molecule has 2 nitrogen and oxygen atoms in total. The zero-order valence-corrected chi connectivity index (χ0v) is 8.90. The summed E-state index contributed by atoms with van der Waals surface area (Å²) >= 11 is 0. The Bertz CT molecular complexity index is 123. The van der Waals surface area contributed by atoms with Crippen molar-refractivity contribution in [2.24, 2.45) is 0 Å². The molecule has 52 valence electrons. The van der Waals surface area contributed by atoms with Crippen molar-refractivity contribution in [3.05, 3.63) is 18.7 Å². The molecule has 0 bridgehead atoms. The molecule has 0 aromatic carbocycles. The minimum Gasteiger partial charge on any atom is -0.502 e. The summed E-state index contributed by atoms with van der Waals surface area (Å²) in [5, 5.41) is 2.57. The van der Waals surface area contributed by atoms with Crippen LogP contribution in [0.5, 0.6) is 0 Å². The van der Waals surface area contributed by atoms with Crippen LogP contribution in [0.2, 0.25) is 0 Å². The van der Waals surface area contributed by atoms with Crippen LogP contribution in [0.3, 0.4) is 0 Å². The van der Waals surface area contributed by atoms with E-state index in [2.05, 4.69) is 11.9 Å². The third-order valence-electron chi connectivity index (χ3n) is 0.825. The molecule has 0 unspecified atom stereocenters. The monoisotopic (exact) mass is 149 g/mol. The topological polar surface area (TPSA) is 29.1 Å². The van der Waals surface area contributed by atoms with Crippen LogP contribution in [0.15, 0.2) is 12.2 Å². The molecule has 3 heteroatoms. The van der Waals surface area contributed by atoms with E-state index in [0.29, 0.717) is 5.57 Å². The average molecular weight is 149 g/mol. The van der Waals surface area contributed by atoms with Gasteiger partial charge in [0, 0.05) is 5.57 Å². The summed E-state index contributed by atoms with van der Waals surface area (Å²) in [6.45, 7) is 8.82. The van der Waals surface area contributed by atoms with Gasteiger partial charge in [0.15, 0.2) is 0 Å². The molecular weight excluding hydrogens is 137 g/mol. The van der Waals surface area contributed by atoms with Gasteiger partial charge in [-0.15, -0.1) is 0 Å². The molecule has 1 amide bonds. The van der Waals surface area contributed by atoms with Gasteiger partial charge < -0.3 is 5.32 Å². The number of hydrogen-bond acceptors (Lipinski definition) is 1. The second-order valence-electron chi connectivity index (χ2n) is 1.87. The van der Waals surface area contributed by atoms with E-state index in [1.54, 1.807) is 13.5 Å². The van der Waals surface area contributed by atoms with Gasteiger partial charge in [-0.25, -0.2) is 6.54 Å². The first-order valence-electron chi connectivity index (χ1n) is 2.96. The third-order valence-corrected chi connectivity index (χ3v) is 0.825. The molecule has 0 aliphatic rings. The Kier molecular flexibility index (Phi) is 9.40. The van der Waals surface area contributed by atoms with Crippen LogP contribution in [0.4, 0.5) is 0 Å². The van der Waals surface area contributed by atoms with Crippen molar-refractivity contribution >= 4 is 5.91 Å². The van der Waals surface area contributed by atoms with E-state index in [0.717, 1.165) is 6.42 Å². The van der Waals surface area contributed by atoms with Crippen LogP contribution < -0.4 is 34.9 Å². The fourth-order valence-corrected chi connectivity index (χ4v) is 0.318. The Labute approximate surface area is 84.4 Å².